The fourth-order valence-corrected chi connectivity index (χ4v) is 0.892. The SMILES string of the molecule is CC(N)c1[nH]cc[n+]1C.N#CN=C=[N-]. The summed E-state index contributed by atoms with van der Waals surface area (Å²) in [5.41, 5.74) is 5.61. The van der Waals surface area contributed by atoms with Gasteiger partial charge in [-0.05, 0) is 6.92 Å². The van der Waals surface area contributed by atoms with Crippen LogP contribution in [0.2, 0.25) is 0 Å². The summed E-state index contributed by atoms with van der Waals surface area (Å²) < 4.78 is 1.98. The van der Waals surface area contributed by atoms with Gasteiger partial charge >= 0.3 is 0 Å². The molecule has 1 rings (SSSR count). The predicted molar refractivity (Wildman–Crippen MR) is 51.0 cm³/mol. The molecule has 0 aromatic carbocycles. The first kappa shape index (κ1) is 12.0. The maximum Gasteiger partial charge on any atom is 0.270 e. The minimum Gasteiger partial charge on any atom is -0.422 e. The number of rotatable bonds is 1. The second-order valence-corrected chi connectivity index (χ2v) is 2.56. The van der Waals surface area contributed by atoms with Gasteiger partial charge in [-0.25, -0.2) is 9.55 Å². The molecule has 6 heteroatoms. The van der Waals surface area contributed by atoms with Gasteiger partial charge in [0.15, 0.2) is 0 Å². The molecular formula is C8H12N6. The lowest BCUT2D eigenvalue weighted by Crippen LogP contribution is -2.33. The fourth-order valence-electron chi connectivity index (χ4n) is 0.892. The summed E-state index contributed by atoms with van der Waals surface area (Å²) in [5.74, 6) is 1.05. The van der Waals surface area contributed by atoms with Crippen LogP contribution in [0, 0.1) is 11.5 Å². The summed E-state index contributed by atoms with van der Waals surface area (Å²) in [5, 5.41) is 14.9. The number of aryl methyl sites for hydroxylation is 1. The van der Waals surface area contributed by atoms with E-state index in [1.54, 1.807) is 0 Å². The second kappa shape index (κ2) is 6.54. The van der Waals surface area contributed by atoms with Gasteiger partial charge in [-0.3, -0.25) is 0 Å². The van der Waals surface area contributed by atoms with Crippen LogP contribution in [0.5, 0.6) is 0 Å². The van der Waals surface area contributed by atoms with E-state index in [-0.39, 0.29) is 6.04 Å². The lowest BCUT2D eigenvalue weighted by atomic mass is 10.3. The number of imidazole rings is 1. The zero-order chi connectivity index (χ0) is 11.0. The number of nitrogens with zero attached hydrogens (tertiary/aromatic N) is 4. The quantitative estimate of drug-likeness (QED) is 0.373. The lowest BCUT2D eigenvalue weighted by Gasteiger charge is -1.95. The van der Waals surface area contributed by atoms with E-state index in [0.717, 1.165) is 5.82 Å². The van der Waals surface area contributed by atoms with Crippen LogP contribution in [0.25, 0.3) is 5.41 Å². The second-order valence-electron chi connectivity index (χ2n) is 2.56. The highest BCUT2D eigenvalue weighted by atomic mass is 15.1. The van der Waals surface area contributed by atoms with Crippen molar-refractivity contribution in [1.29, 1.82) is 5.26 Å². The summed E-state index contributed by atoms with van der Waals surface area (Å²) in [7, 11) is 1.97. The normalized spacial score (nSPS) is 10.1. The fraction of sp³-hybridized carbons (Fsp3) is 0.375. The molecule has 0 amide bonds. The Morgan fingerprint density at radius 3 is 2.57 bits per heavy atom. The summed E-state index contributed by atoms with van der Waals surface area (Å²) in [4.78, 5) is 5.63. The zero-order valence-corrected chi connectivity index (χ0v) is 8.10. The average Bonchev–Trinajstić information content (AvgIpc) is 2.54. The van der Waals surface area contributed by atoms with Gasteiger partial charge < -0.3 is 16.1 Å². The molecule has 0 aliphatic carbocycles. The van der Waals surface area contributed by atoms with Crippen molar-refractivity contribution >= 4 is 6.01 Å². The Hall–Kier alpha value is -1.96. The number of hydrogen-bond donors (Lipinski definition) is 2. The van der Waals surface area contributed by atoms with E-state index in [1.165, 1.54) is 12.2 Å². The first-order chi connectivity index (χ1) is 6.63. The van der Waals surface area contributed by atoms with Crippen LogP contribution in [0.3, 0.4) is 0 Å². The standard InChI is InChI=1S/C6H11N3.C2N3/c1-5(7)6-8-3-4-9(6)2;3-1-5-2-4/h3-5H,7H2,1-2H3;/q;-1/p+1. The number of H-pyrrole nitrogens is 1. The average molecular weight is 192 g/mol. The molecule has 1 unspecified atom stereocenters. The highest BCUT2D eigenvalue weighted by Crippen LogP contribution is 1.96. The Bertz CT molecular complexity index is 352. The topological polar surface area (TPSA) is 104 Å². The largest absolute Gasteiger partial charge is 0.422 e. The van der Waals surface area contributed by atoms with Crippen molar-refractivity contribution in [1.82, 2.24) is 4.98 Å². The van der Waals surface area contributed by atoms with E-state index in [4.69, 9.17) is 16.4 Å². The van der Waals surface area contributed by atoms with Crippen LogP contribution >= 0.6 is 0 Å². The molecular weight excluding hydrogens is 180 g/mol. The summed E-state index contributed by atoms with van der Waals surface area (Å²) in [6, 6.07) is 1.37. The molecule has 1 atom stereocenters. The molecule has 0 saturated heterocycles. The van der Waals surface area contributed by atoms with Crippen LogP contribution < -0.4 is 10.3 Å². The monoisotopic (exact) mass is 192 g/mol. The van der Waals surface area contributed by atoms with Crippen LogP contribution in [0.4, 0.5) is 0 Å². The Balaban J connectivity index is 0.000000292. The number of hydrogen-bond acceptors (Lipinski definition) is 3. The van der Waals surface area contributed by atoms with Crippen LogP contribution in [-0.4, -0.2) is 11.0 Å². The van der Waals surface area contributed by atoms with Gasteiger partial charge in [0, 0.05) is 0 Å². The van der Waals surface area contributed by atoms with Crippen LogP contribution in [0.15, 0.2) is 17.4 Å². The van der Waals surface area contributed by atoms with Gasteiger partial charge in [0.1, 0.15) is 18.4 Å². The maximum atomic E-state index is 7.43. The predicted octanol–water partition coefficient (Wildman–Crippen LogP) is 0.0697. The van der Waals surface area contributed by atoms with Gasteiger partial charge in [0.2, 0.25) is 0 Å². The molecule has 3 N–H and O–H groups in total. The summed E-state index contributed by atoms with van der Waals surface area (Å²) in [6.07, 6.45) is 5.10. The molecule has 1 aromatic heterocycles. The van der Waals surface area contributed by atoms with E-state index in [1.807, 2.05) is 30.9 Å². The Morgan fingerprint density at radius 2 is 2.43 bits per heavy atom. The van der Waals surface area contributed by atoms with Gasteiger partial charge in [-0.2, -0.15) is 5.26 Å². The van der Waals surface area contributed by atoms with Crippen molar-refractivity contribution in [3.8, 4) is 6.19 Å². The highest BCUT2D eigenvalue weighted by molar-refractivity contribution is 5.46. The molecule has 1 heterocycles. The number of aliphatic imine (C=N–C) groups is 1. The van der Waals surface area contributed by atoms with E-state index >= 15 is 0 Å². The van der Waals surface area contributed by atoms with E-state index < -0.39 is 0 Å². The number of nitrogens with two attached hydrogens (primary N) is 1. The first-order valence-electron chi connectivity index (χ1n) is 3.89. The molecule has 0 radical (unpaired) electrons. The lowest BCUT2D eigenvalue weighted by molar-refractivity contribution is -0.679. The van der Waals surface area contributed by atoms with Crippen molar-refractivity contribution in [2.24, 2.45) is 17.8 Å². The Kier molecular flexibility index (Phi) is 5.63. The third kappa shape index (κ3) is 4.16. The zero-order valence-electron chi connectivity index (χ0n) is 8.10. The van der Waals surface area contributed by atoms with Crippen molar-refractivity contribution in [3.63, 3.8) is 0 Å². The molecule has 74 valence electrons. The molecule has 0 fully saturated rings. The number of aromatic amines is 1. The molecule has 6 nitrogen and oxygen atoms in total. The minimum absolute atomic E-state index is 0.0880. The van der Waals surface area contributed by atoms with Crippen molar-refractivity contribution in [2.75, 3.05) is 0 Å². The smallest absolute Gasteiger partial charge is 0.270 e. The van der Waals surface area contributed by atoms with Crippen LogP contribution in [-0.2, 0) is 7.05 Å². The van der Waals surface area contributed by atoms with Crippen molar-refractivity contribution in [3.05, 3.63) is 23.6 Å². The molecule has 0 bridgehead atoms. The minimum atomic E-state index is 0.0880. The van der Waals surface area contributed by atoms with Gasteiger partial charge in [-0.1, -0.05) is 0 Å². The first-order valence-corrected chi connectivity index (χ1v) is 3.89. The van der Waals surface area contributed by atoms with Gasteiger partial charge in [-0.15, -0.1) is 6.01 Å². The number of aromatic nitrogens is 2. The summed E-state index contributed by atoms with van der Waals surface area (Å²) >= 11 is 0. The molecule has 0 aliphatic heterocycles. The Morgan fingerprint density at radius 1 is 1.79 bits per heavy atom. The highest BCUT2D eigenvalue weighted by Gasteiger charge is 2.09. The number of nitrogens with one attached hydrogen (secondary N) is 1. The van der Waals surface area contributed by atoms with Gasteiger partial charge in [0.05, 0.1) is 13.2 Å². The molecule has 14 heavy (non-hydrogen) atoms. The molecule has 0 spiro atoms. The molecule has 0 saturated carbocycles. The van der Waals surface area contributed by atoms with E-state index in [2.05, 4.69) is 9.98 Å². The van der Waals surface area contributed by atoms with Crippen LogP contribution in [0.1, 0.15) is 18.8 Å². The van der Waals surface area contributed by atoms with Crippen molar-refractivity contribution in [2.45, 2.75) is 13.0 Å². The third-order valence-corrected chi connectivity index (χ3v) is 1.44. The van der Waals surface area contributed by atoms with Gasteiger partial charge in [0.25, 0.3) is 5.82 Å². The van der Waals surface area contributed by atoms with E-state index in [9.17, 15) is 0 Å². The van der Waals surface area contributed by atoms with Crippen molar-refractivity contribution < 1.29 is 4.57 Å². The maximum absolute atomic E-state index is 7.43. The molecule has 0 aliphatic rings. The third-order valence-electron chi connectivity index (χ3n) is 1.44. The van der Waals surface area contributed by atoms with E-state index in [0.29, 0.717) is 0 Å². The Labute approximate surface area is 82.2 Å². The summed E-state index contributed by atoms with van der Waals surface area (Å²) in [6.45, 7) is 1.95. The number of nitriles is 1. The molecule has 1 aromatic rings.